The summed E-state index contributed by atoms with van der Waals surface area (Å²) in [4.78, 5) is 28.5. The van der Waals surface area contributed by atoms with Gasteiger partial charge in [0.2, 0.25) is 11.8 Å². The molecule has 0 radical (unpaired) electrons. The van der Waals surface area contributed by atoms with E-state index < -0.39 is 6.04 Å². The molecule has 0 saturated carbocycles. The third kappa shape index (κ3) is 5.76. The summed E-state index contributed by atoms with van der Waals surface area (Å²) in [5.41, 5.74) is 2.62. The average Bonchev–Trinajstić information content (AvgIpc) is 2.83. The van der Waals surface area contributed by atoms with Crippen molar-refractivity contribution >= 4 is 11.8 Å². The van der Waals surface area contributed by atoms with E-state index in [2.05, 4.69) is 5.32 Å². The van der Waals surface area contributed by atoms with Crippen molar-refractivity contribution in [3.8, 4) is 5.75 Å². The summed E-state index contributed by atoms with van der Waals surface area (Å²) in [6, 6.07) is 26.0. The molecule has 3 rings (SSSR count). The molecule has 0 aliphatic rings. The highest BCUT2D eigenvalue weighted by Crippen LogP contribution is 2.26. The number of para-hydroxylation sites is 1. The first-order valence-electron chi connectivity index (χ1n) is 10.8. The van der Waals surface area contributed by atoms with E-state index in [1.54, 1.807) is 12.0 Å². The number of ether oxygens (including phenoxy) is 1. The molecular formula is C27H30N2O3. The summed E-state index contributed by atoms with van der Waals surface area (Å²) < 4.78 is 5.40. The van der Waals surface area contributed by atoms with Crippen molar-refractivity contribution < 1.29 is 14.3 Å². The fraction of sp³-hybridized carbons (Fsp3) is 0.259. The van der Waals surface area contributed by atoms with E-state index in [4.69, 9.17) is 4.74 Å². The highest BCUT2D eigenvalue weighted by atomic mass is 16.5. The SMILES string of the molecule is COc1ccccc1CNC(=O)[C@H](c1ccccc1)N(Cc1ccccc1)C(=O)C(C)C. The molecule has 32 heavy (non-hydrogen) atoms. The van der Waals surface area contributed by atoms with Gasteiger partial charge in [-0.05, 0) is 17.2 Å². The van der Waals surface area contributed by atoms with Crippen LogP contribution in [0.4, 0.5) is 0 Å². The number of nitrogens with one attached hydrogen (secondary N) is 1. The molecule has 0 saturated heterocycles. The molecule has 0 unspecified atom stereocenters. The van der Waals surface area contributed by atoms with Crippen molar-refractivity contribution in [3.63, 3.8) is 0 Å². The second-order valence-electron chi connectivity index (χ2n) is 7.95. The molecule has 3 aromatic carbocycles. The maximum atomic E-state index is 13.5. The normalized spacial score (nSPS) is 11.6. The average molecular weight is 431 g/mol. The van der Waals surface area contributed by atoms with E-state index in [-0.39, 0.29) is 17.7 Å². The first kappa shape index (κ1) is 23.1. The van der Waals surface area contributed by atoms with Gasteiger partial charge in [0.25, 0.3) is 0 Å². The number of amides is 2. The summed E-state index contributed by atoms with van der Waals surface area (Å²) in [6.07, 6.45) is 0. The van der Waals surface area contributed by atoms with Crippen LogP contribution in [-0.4, -0.2) is 23.8 Å². The minimum Gasteiger partial charge on any atom is -0.496 e. The fourth-order valence-electron chi connectivity index (χ4n) is 3.64. The van der Waals surface area contributed by atoms with Crippen LogP contribution in [0.15, 0.2) is 84.9 Å². The van der Waals surface area contributed by atoms with Gasteiger partial charge in [-0.25, -0.2) is 0 Å². The van der Waals surface area contributed by atoms with Gasteiger partial charge in [0.1, 0.15) is 11.8 Å². The van der Waals surface area contributed by atoms with Crippen LogP contribution < -0.4 is 10.1 Å². The van der Waals surface area contributed by atoms with E-state index in [1.807, 2.05) is 98.8 Å². The van der Waals surface area contributed by atoms with Crippen LogP contribution in [0.5, 0.6) is 5.75 Å². The minimum atomic E-state index is -0.749. The third-order valence-corrected chi connectivity index (χ3v) is 5.29. The summed E-state index contributed by atoms with van der Waals surface area (Å²) >= 11 is 0. The molecule has 0 bridgehead atoms. The number of nitrogens with zero attached hydrogens (tertiary/aromatic N) is 1. The zero-order chi connectivity index (χ0) is 22.9. The zero-order valence-electron chi connectivity index (χ0n) is 18.8. The first-order valence-corrected chi connectivity index (χ1v) is 10.8. The Bertz CT molecular complexity index is 1020. The molecule has 1 atom stereocenters. The van der Waals surface area contributed by atoms with Gasteiger partial charge in [-0.2, -0.15) is 0 Å². The van der Waals surface area contributed by atoms with Gasteiger partial charge in [0.05, 0.1) is 7.11 Å². The van der Waals surface area contributed by atoms with E-state index in [0.29, 0.717) is 18.8 Å². The standard InChI is InChI=1S/C27H30N2O3/c1-20(2)27(31)29(19-21-12-6-4-7-13-21)25(22-14-8-5-9-15-22)26(30)28-18-23-16-10-11-17-24(23)32-3/h4-17,20,25H,18-19H2,1-3H3,(H,28,30)/t25-/m0/s1. The Morgan fingerprint density at radius 3 is 2.09 bits per heavy atom. The van der Waals surface area contributed by atoms with Gasteiger partial charge in [-0.15, -0.1) is 0 Å². The highest BCUT2D eigenvalue weighted by molar-refractivity contribution is 5.89. The van der Waals surface area contributed by atoms with Crippen molar-refractivity contribution in [1.82, 2.24) is 10.2 Å². The monoisotopic (exact) mass is 430 g/mol. The van der Waals surface area contributed by atoms with Crippen molar-refractivity contribution in [2.75, 3.05) is 7.11 Å². The number of rotatable bonds is 9. The topological polar surface area (TPSA) is 58.6 Å². The summed E-state index contributed by atoms with van der Waals surface area (Å²) in [5.74, 6) is 0.164. The van der Waals surface area contributed by atoms with Gasteiger partial charge in [0, 0.05) is 24.6 Å². The minimum absolute atomic E-state index is 0.0739. The molecule has 166 valence electrons. The second-order valence-corrected chi connectivity index (χ2v) is 7.95. The lowest BCUT2D eigenvalue weighted by Gasteiger charge is -2.33. The number of methoxy groups -OCH3 is 1. The molecule has 2 amide bonds. The van der Waals surface area contributed by atoms with Gasteiger partial charge in [-0.1, -0.05) is 92.7 Å². The largest absolute Gasteiger partial charge is 0.496 e. The molecule has 5 heteroatoms. The van der Waals surface area contributed by atoms with E-state index in [1.165, 1.54) is 0 Å². The lowest BCUT2D eigenvalue weighted by Crippen LogP contribution is -2.44. The van der Waals surface area contributed by atoms with Crippen LogP contribution in [0, 0.1) is 5.92 Å². The van der Waals surface area contributed by atoms with Crippen LogP contribution in [0.1, 0.15) is 36.6 Å². The molecule has 0 spiro atoms. The van der Waals surface area contributed by atoms with Crippen molar-refractivity contribution in [3.05, 3.63) is 102 Å². The smallest absolute Gasteiger partial charge is 0.247 e. The van der Waals surface area contributed by atoms with Gasteiger partial charge >= 0.3 is 0 Å². The molecule has 0 aliphatic heterocycles. The van der Waals surface area contributed by atoms with Gasteiger partial charge < -0.3 is 15.0 Å². The molecule has 0 aliphatic carbocycles. The Balaban J connectivity index is 1.93. The lowest BCUT2D eigenvalue weighted by molar-refractivity contribution is -0.144. The number of hydrogen-bond acceptors (Lipinski definition) is 3. The molecule has 1 N–H and O–H groups in total. The van der Waals surface area contributed by atoms with E-state index in [9.17, 15) is 9.59 Å². The summed E-state index contributed by atoms with van der Waals surface area (Å²) in [7, 11) is 1.61. The second kappa shape index (κ2) is 11.1. The molecule has 0 aromatic heterocycles. The molecular weight excluding hydrogens is 400 g/mol. The Kier molecular flexibility index (Phi) is 8.03. The van der Waals surface area contributed by atoms with E-state index >= 15 is 0 Å². The molecule has 0 fully saturated rings. The highest BCUT2D eigenvalue weighted by Gasteiger charge is 2.32. The zero-order valence-corrected chi connectivity index (χ0v) is 18.8. The Morgan fingerprint density at radius 1 is 0.875 bits per heavy atom. The van der Waals surface area contributed by atoms with Crippen LogP contribution >= 0.6 is 0 Å². The fourth-order valence-corrected chi connectivity index (χ4v) is 3.64. The third-order valence-electron chi connectivity index (χ3n) is 5.29. The maximum Gasteiger partial charge on any atom is 0.247 e. The van der Waals surface area contributed by atoms with Crippen LogP contribution in [-0.2, 0) is 22.7 Å². The predicted octanol–water partition coefficient (Wildman–Crippen LogP) is 4.74. The van der Waals surface area contributed by atoms with Gasteiger partial charge in [-0.3, -0.25) is 9.59 Å². The predicted molar refractivity (Wildman–Crippen MR) is 126 cm³/mol. The van der Waals surface area contributed by atoms with Crippen LogP contribution in [0.3, 0.4) is 0 Å². The molecule has 0 heterocycles. The Labute approximate surface area is 190 Å². The van der Waals surface area contributed by atoms with Crippen molar-refractivity contribution in [1.29, 1.82) is 0 Å². The Morgan fingerprint density at radius 2 is 1.47 bits per heavy atom. The van der Waals surface area contributed by atoms with E-state index in [0.717, 1.165) is 16.7 Å². The quantitative estimate of drug-likeness (QED) is 0.534. The summed E-state index contributed by atoms with van der Waals surface area (Å²) in [6.45, 7) is 4.37. The number of hydrogen-bond donors (Lipinski definition) is 1. The lowest BCUT2D eigenvalue weighted by atomic mass is 10.0. The number of carbonyl (C=O) groups is 2. The van der Waals surface area contributed by atoms with Crippen LogP contribution in [0.2, 0.25) is 0 Å². The first-order chi connectivity index (χ1) is 15.5. The number of carbonyl (C=O) groups excluding carboxylic acids is 2. The summed E-state index contributed by atoms with van der Waals surface area (Å²) in [5, 5.41) is 3.02. The van der Waals surface area contributed by atoms with Crippen molar-refractivity contribution in [2.45, 2.75) is 33.0 Å². The van der Waals surface area contributed by atoms with Gasteiger partial charge in [0.15, 0.2) is 0 Å². The van der Waals surface area contributed by atoms with Crippen molar-refractivity contribution in [2.24, 2.45) is 5.92 Å². The molecule has 5 nitrogen and oxygen atoms in total. The number of benzene rings is 3. The molecule has 3 aromatic rings. The maximum absolute atomic E-state index is 13.5. The van der Waals surface area contributed by atoms with Crippen LogP contribution in [0.25, 0.3) is 0 Å². The Hall–Kier alpha value is -3.60.